The number of benzene rings is 1. The molecule has 26 heavy (non-hydrogen) atoms. The number of hydrogen-bond donors (Lipinski definition) is 0. The third-order valence-electron chi connectivity index (χ3n) is 5.59. The molecule has 1 aliphatic rings. The number of fused-ring (bicyclic) bond motifs is 1. The molecule has 0 aliphatic carbocycles. The summed E-state index contributed by atoms with van der Waals surface area (Å²) in [6.07, 6.45) is 1.97. The van der Waals surface area contributed by atoms with Crippen molar-refractivity contribution in [3.8, 4) is 0 Å². The second-order valence-electron chi connectivity index (χ2n) is 7.36. The zero-order valence-electron chi connectivity index (χ0n) is 15.9. The van der Waals surface area contributed by atoms with Crippen LogP contribution in [0.4, 0.5) is 0 Å². The van der Waals surface area contributed by atoms with E-state index in [-0.39, 0.29) is 5.91 Å². The summed E-state index contributed by atoms with van der Waals surface area (Å²) in [4.78, 5) is 22.3. The van der Waals surface area contributed by atoms with Gasteiger partial charge in [-0.05, 0) is 52.7 Å². The third-order valence-corrected chi connectivity index (χ3v) is 6.78. The fourth-order valence-electron chi connectivity index (χ4n) is 3.90. The number of amides is 1. The second kappa shape index (κ2) is 6.54. The predicted octanol–water partition coefficient (Wildman–Crippen LogP) is 4.65. The maximum absolute atomic E-state index is 12.7. The van der Waals surface area contributed by atoms with Crippen molar-refractivity contribution in [2.75, 3.05) is 13.1 Å². The first-order chi connectivity index (χ1) is 12.5. The summed E-state index contributed by atoms with van der Waals surface area (Å²) in [7, 11) is 0. The molecule has 3 heterocycles. The quantitative estimate of drug-likeness (QED) is 0.661. The minimum Gasteiger partial charge on any atom is -0.339 e. The fourth-order valence-corrected chi connectivity index (χ4v) is 5.11. The highest BCUT2D eigenvalue weighted by atomic mass is 32.1. The molecule has 1 aromatic carbocycles. The molecule has 0 atom stereocenters. The lowest BCUT2D eigenvalue weighted by Crippen LogP contribution is -2.38. The van der Waals surface area contributed by atoms with E-state index in [0.29, 0.717) is 5.92 Å². The first-order valence-electron chi connectivity index (χ1n) is 9.26. The molecule has 4 nitrogen and oxygen atoms in total. The van der Waals surface area contributed by atoms with Gasteiger partial charge in [0.05, 0.1) is 5.69 Å². The van der Waals surface area contributed by atoms with Crippen molar-refractivity contribution < 1.29 is 4.79 Å². The zero-order chi connectivity index (χ0) is 18.4. The van der Waals surface area contributed by atoms with E-state index >= 15 is 0 Å². The van der Waals surface area contributed by atoms with Crippen molar-refractivity contribution in [3.63, 3.8) is 0 Å². The van der Waals surface area contributed by atoms with Crippen molar-refractivity contribution in [2.45, 2.75) is 46.5 Å². The topological polar surface area (TPSA) is 37.6 Å². The first kappa shape index (κ1) is 17.3. The number of hydrogen-bond acceptors (Lipinski definition) is 3. The highest BCUT2D eigenvalue weighted by molar-refractivity contribution is 7.17. The van der Waals surface area contributed by atoms with Crippen molar-refractivity contribution in [1.29, 1.82) is 0 Å². The second-order valence-corrected chi connectivity index (χ2v) is 8.56. The molecule has 0 N–H and O–H groups in total. The van der Waals surface area contributed by atoms with Crippen LogP contribution in [0.25, 0.3) is 4.83 Å². The minimum absolute atomic E-state index is 0.150. The van der Waals surface area contributed by atoms with E-state index in [9.17, 15) is 4.79 Å². The number of thiazole rings is 1. The number of nitrogens with zero attached hydrogens (tertiary/aromatic N) is 3. The molecule has 136 valence electrons. The summed E-state index contributed by atoms with van der Waals surface area (Å²) in [5.41, 5.74) is 4.50. The number of aromatic nitrogens is 2. The van der Waals surface area contributed by atoms with Gasteiger partial charge in [0, 0.05) is 35.1 Å². The molecule has 1 saturated heterocycles. The monoisotopic (exact) mass is 367 g/mol. The molecule has 0 spiro atoms. The molecule has 1 amide bonds. The standard InChI is InChI=1S/C21H25N3OS/c1-13-5-7-18(8-6-13)20(25)23-11-9-17(10-12-23)19-21-24(16(4)22-19)14(2)15(3)26-21/h5-8,17H,9-12H2,1-4H3. The predicted molar refractivity (Wildman–Crippen MR) is 106 cm³/mol. The van der Waals surface area contributed by atoms with Gasteiger partial charge >= 0.3 is 0 Å². The number of carbonyl (C=O) groups is 1. The maximum Gasteiger partial charge on any atom is 0.253 e. The molecule has 1 fully saturated rings. The SMILES string of the molecule is Cc1ccc(C(=O)N2CCC(c3nc(C)n4c(C)c(C)sc34)CC2)cc1. The van der Waals surface area contributed by atoms with E-state index in [2.05, 4.69) is 25.2 Å². The van der Waals surface area contributed by atoms with Gasteiger partial charge in [-0.1, -0.05) is 17.7 Å². The van der Waals surface area contributed by atoms with Gasteiger partial charge in [-0.2, -0.15) is 0 Å². The molecule has 0 unspecified atom stereocenters. The van der Waals surface area contributed by atoms with Crippen LogP contribution in [0.15, 0.2) is 24.3 Å². The molecule has 0 bridgehead atoms. The van der Waals surface area contributed by atoms with Gasteiger partial charge in [0.15, 0.2) is 0 Å². The van der Waals surface area contributed by atoms with Gasteiger partial charge < -0.3 is 4.90 Å². The molecule has 2 aromatic heterocycles. The van der Waals surface area contributed by atoms with Crippen LogP contribution in [-0.4, -0.2) is 33.3 Å². The van der Waals surface area contributed by atoms with Crippen LogP contribution in [0.3, 0.4) is 0 Å². The van der Waals surface area contributed by atoms with Crippen molar-refractivity contribution in [2.24, 2.45) is 0 Å². The van der Waals surface area contributed by atoms with E-state index in [1.54, 1.807) is 0 Å². The number of imidazole rings is 1. The number of rotatable bonds is 2. The summed E-state index contributed by atoms with van der Waals surface area (Å²) >= 11 is 1.85. The molecular weight excluding hydrogens is 342 g/mol. The number of aryl methyl sites for hydroxylation is 4. The lowest BCUT2D eigenvalue weighted by molar-refractivity contribution is 0.0712. The Bertz CT molecular complexity index is 959. The number of likely N-dealkylation sites (tertiary alicyclic amines) is 1. The van der Waals surface area contributed by atoms with Crippen molar-refractivity contribution in [3.05, 3.63) is 57.5 Å². The van der Waals surface area contributed by atoms with Gasteiger partial charge in [0.25, 0.3) is 5.91 Å². The fraction of sp³-hybridized carbons (Fsp3) is 0.429. The van der Waals surface area contributed by atoms with Crippen molar-refractivity contribution in [1.82, 2.24) is 14.3 Å². The Kier molecular flexibility index (Phi) is 4.35. The van der Waals surface area contributed by atoms with Gasteiger partial charge in [0.1, 0.15) is 10.7 Å². The normalized spacial score (nSPS) is 15.8. The van der Waals surface area contributed by atoms with Crippen molar-refractivity contribution >= 4 is 22.1 Å². The summed E-state index contributed by atoms with van der Waals surface area (Å²) < 4.78 is 2.29. The van der Waals surface area contributed by atoms with E-state index in [1.807, 2.05) is 47.4 Å². The lowest BCUT2D eigenvalue weighted by atomic mass is 9.93. The molecule has 4 rings (SSSR count). The zero-order valence-corrected chi connectivity index (χ0v) is 16.7. The van der Waals surface area contributed by atoms with E-state index in [1.165, 1.54) is 26.7 Å². The van der Waals surface area contributed by atoms with Gasteiger partial charge in [0.2, 0.25) is 0 Å². The Morgan fingerprint density at radius 2 is 1.73 bits per heavy atom. The highest BCUT2D eigenvalue weighted by Gasteiger charge is 2.28. The summed E-state index contributed by atoms with van der Waals surface area (Å²) in [6, 6.07) is 7.88. The average molecular weight is 368 g/mol. The minimum atomic E-state index is 0.150. The van der Waals surface area contributed by atoms with Gasteiger partial charge in [-0.25, -0.2) is 4.98 Å². The Balaban J connectivity index is 1.51. The summed E-state index contributed by atoms with van der Waals surface area (Å²) in [5, 5.41) is 0. The Labute approximate surface area is 158 Å². The van der Waals surface area contributed by atoms with Crippen LogP contribution in [-0.2, 0) is 0 Å². The van der Waals surface area contributed by atoms with E-state index < -0.39 is 0 Å². The largest absolute Gasteiger partial charge is 0.339 e. The van der Waals surface area contributed by atoms with Crippen LogP contribution in [0, 0.1) is 27.7 Å². The lowest BCUT2D eigenvalue weighted by Gasteiger charge is -2.31. The number of carbonyl (C=O) groups excluding carboxylic acids is 1. The van der Waals surface area contributed by atoms with Crippen LogP contribution in [0.5, 0.6) is 0 Å². The molecule has 3 aromatic rings. The molecule has 0 radical (unpaired) electrons. The van der Waals surface area contributed by atoms with E-state index in [4.69, 9.17) is 4.98 Å². The van der Waals surface area contributed by atoms with Crippen LogP contribution in [0.1, 0.15) is 56.8 Å². The summed E-state index contributed by atoms with van der Waals surface area (Å²) in [5.74, 6) is 1.67. The highest BCUT2D eigenvalue weighted by Crippen LogP contribution is 2.35. The number of piperidine rings is 1. The molecule has 5 heteroatoms. The molecular formula is C21H25N3OS. The van der Waals surface area contributed by atoms with Gasteiger partial charge in [-0.3, -0.25) is 9.20 Å². The van der Waals surface area contributed by atoms with Crippen LogP contribution >= 0.6 is 11.3 Å². The Morgan fingerprint density at radius 3 is 2.38 bits per heavy atom. The molecule has 0 saturated carbocycles. The smallest absolute Gasteiger partial charge is 0.253 e. The van der Waals surface area contributed by atoms with Crippen LogP contribution in [0.2, 0.25) is 0 Å². The third kappa shape index (κ3) is 2.84. The summed E-state index contributed by atoms with van der Waals surface area (Å²) in [6.45, 7) is 10.1. The van der Waals surface area contributed by atoms with E-state index in [0.717, 1.165) is 37.3 Å². The molecule has 1 aliphatic heterocycles. The maximum atomic E-state index is 12.7. The van der Waals surface area contributed by atoms with Crippen LogP contribution < -0.4 is 0 Å². The Morgan fingerprint density at radius 1 is 1.08 bits per heavy atom. The Hall–Kier alpha value is -2.14. The van der Waals surface area contributed by atoms with Gasteiger partial charge in [-0.15, -0.1) is 11.3 Å². The first-order valence-corrected chi connectivity index (χ1v) is 10.1. The average Bonchev–Trinajstić information content (AvgIpc) is 3.12.